The van der Waals surface area contributed by atoms with Crippen molar-refractivity contribution in [2.24, 2.45) is 5.92 Å². The molecule has 1 fully saturated rings. The lowest BCUT2D eigenvalue weighted by atomic mass is 9.82. The van der Waals surface area contributed by atoms with Crippen LogP contribution in [0, 0.1) is 24.2 Å². The topological polar surface area (TPSA) is 47.3 Å². The quantitative estimate of drug-likeness (QED) is 0.864. The van der Waals surface area contributed by atoms with Crippen LogP contribution in [0.2, 0.25) is 0 Å². The van der Waals surface area contributed by atoms with Gasteiger partial charge in [0.25, 0.3) is 0 Å². The van der Waals surface area contributed by atoms with E-state index in [0.717, 1.165) is 36.2 Å². The minimum absolute atomic E-state index is 0.0869. The molecule has 1 aromatic carbocycles. The van der Waals surface area contributed by atoms with Crippen LogP contribution in [-0.2, 0) is 0 Å². The van der Waals surface area contributed by atoms with E-state index in [-0.39, 0.29) is 6.10 Å². The van der Waals surface area contributed by atoms with Crippen LogP contribution in [0.15, 0.2) is 18.2 Å². The van der Waals surface area contributed by atoms with Gasteiger partial charge in [-0.2, -0.15) is 5.26 Å². The maximum Gasteiger partial charge on any atom is 0.0994 e. The number of benzene rings is 1. The van der Waals surface area contributed by atoms with Gasteiger partial charge in [-0.25, -0.2) is 0 Å². The molecule has 1 saturated carbocycles. The Bertz CT molecular complexity index is 444. The van der Waals surface area contributed by atoms with E-state index in [0.29, 0.717) is 5.92 Å². The predicted molar refractivity (Wildman–Crippen MR) is 67.9 cm³/mol. The Balaban J connectivity index is 2.02. The minimum atomic E-state index is -0.0869. The summed E-state index contributed by atoms with van der Waals surface area (Å²) in [6.07, 6.45) is 1.75. The van der Waals surface area contributed by atoms with Crippen molar-refractivity contribution in [2.45, 2.75) is 25.9 Å². The standard InChI is InChI=1S/C14H18N2O/c1-10-5-13(4-3-12(10)8-15)16(2)9-11-6-14(17)7-11/h3-5,11,14,17H,6-7,9H2,1-2H3. The van der Waals surface area contributed by atoms with Gasteiger partial charge >= 0.3 is 0 Å². The molecular formula is C14H18N2O. The molecular weight excluding hydrogens is 212 g/mol. The summed E-state index contributed by atoms with van der Waals surface area (Å²) in [6.45, 7) is 2.94. The summed E-state index contributed by atoms with van der Waals surface area (Å²) in [4.78, 5) is 2.20. The molecule has 0 heterocycles. The zero-order valence-electron chi connectivity index (χ0n) is 10.3. The summed E-state index contributed by atoms with van der Waals surface area (Å²) >= 11 is 0. The first-order valence-corrected chi connectivity index (χ1v) is 6.00. The third kappa shape index (κ3) is 2.59. The van der Waals surface area contributed by atoms with Crippen molar-refractivity contribution in [2.75, 3.05) is 18.5 Å². The number of aliphatic hydroxyl groups is 1. The first-order valence-electron chi connectivity index (χ1n) is 6.00. The van der Waals surface area contributed by atoms with Gasteiger partial charge < -0.3 is 10.0 Å². The van der Waals surface area contributed by atoms with E-state index in [1.165, 1.54) is 0 Å². The minimum Gasteiger partial charge on any atom is -0.393 e. The molecule has 3 nitrogen and oxygen atoms in total. The van der Waals surface area contributed by atoms with E-state index in [1.807, 2.05) is 25.1 Å². The zero-order chi connectivity index (χ0) is 12.4. The summed E-state index contributed by atoms with van der Waals surface area (Å²) in [5.41, 5.74) is 2.90. The normalized spacial score (nSPS) is 22.7. The number of hydrogen-bond acceptors (Lipinski definition) is 3. The Labute approximate surface area is 102 Å². The molecule has 1 aliphatic carbocycles. The summed E-state index contributed by atoms with van der Waals surface area (Å²) in [7, 11) is 2.06. The van der Waals surface area contributed by atoms with Crippen LogP contribution in [-0.4, -0.2) is 24.8 Å². The SMILES string of the molecule is Cc1cc(N(C)CC2CC(O)C2)ccc1C#N. The summed E-state index contributed by atoms with van der Waals surface area (Å²) in [6, 6.07) is 8.09. The molecule has 3 heteroatoms. The molecule has 0 radical (unpaired) electrons. The molecule has 1 aromatic rings. The van der Waals surface area contributed by atoms with E-state index in [4.69, 9.17) is 5.26 Å². The molecule has 0 saturated heterocycles. The predicted octanol–water partition coefficient (Wildman–Crippen LogP) is 2.07. The van der Waals surface area contributed by atoms with Gasteiger partial charge in [0.1, 0.15) is 0 Å². The second kappa shape index (κ2) is 4.77. The fourth-order valence-electron chi connectivity index (χ4n) is 2.35. The van der Waals surface area contributed by atoms with Gasteiger partial charge in [-0.15, -0.1) is 0 Å². The fourth-order valence-corrected chi connectivity index (χ4v) is 2.35. The van der Waals surface area contributed by atoms with Gasteiger partial charge in [0.2, 0.25) is 0 Å². The van der Waals surface area contributed by atoms with Gasteiger partial charge in [-0.05, 0) is 49.4 Å². The van der Waals surface area contributed by atoms with Gasteiger partial charge in [0, 0.05) is 19.3 Å². The molecule has 0 atom stereocenters. The van der Waals surface area contributed by atoms with E-state index < -0.39 is 0 Å². The van der Waals surface area contributed by atoms with Crippen LogP contribution in [0.4, 0.5) is 5.69 Å². The maximum atomic E-state index is 9.26. The first-order chi connectivity index (χ1) is 8.10. The number of aryl methyl sites for hydroxylation is 1. The van der Waals surface area contributed by atoms with E-state index in [9.17, 15) is 5.11 Å². The van der Waals surface area contributed by atoms with Crippen molar-refractivity contribution in [1.82, 2.24) is 0 Å². The van der Waals surface area contributed by atoms with Crippen molar-refractivity contribution in [3.8, 4) is 6.07 Å². The Hall–Kier alpha value is -1.53. The van der Waals surface area contributed by atoms with E-state index in [2.05, 4.69) is 18.0 Å². The largest absolute Gasteiger partial charge is 0.393 e. The zero-order valence-corrected chi connectivity index (χ0v) is 10.3. The number of nitrogens with zero attached hydrogens (tertiary/aromatic N) is 2. The van der Waals surface area contributed by atoms with E-state index >= 15 is 0 Å². The second-order valence-corrected chi connectivity index (χ2v) is 4.98. The van der Waals surface area contributed by atoms with Crippen LogP contribution < -0.4 is 4.90 Å². The van der Waals surface area contributed by atoms with Gasteiger partial charge in [-0.1, -0.05) is 0 Å². The highest BCUT2D eigenvalue weighted by Crippen LogP contribution is 2.29. The van der Waals surface area contributed by atoms with Crippen LogP contribution in [0.5, 0.6) is 0 Å². The van der Waals surface area contributed by atoms with Crippen LogP contribution in [0.25, 0.3) is 0 Å². The summed E-state index contributed by atoms with van der Waals surface area (Å²) in [5.74, 6) is 0.603. The lowest BCUT2D eigenvalue weighted by Gasteiger charge is -2.35. The van der Waals surface area contributed by atoms with Gasteiger partial charge in [-0.3, -0.25) is 0 Å². The highest BCUT2D eigenvalue weighted by Gasteiger charge is 2.27. The third-order valence-corrected chi connectivity index (χ3v) is 3.51. The number of aliphatic hydroxyl groups excluding tert-OH is 1. The Morgan fingerprint density at radius 2 is 2.18 bits per heavy atom. The molecule has 2 rings (SSSR count). The second-order valence-electron chi connectivity index (χ2n) is 4.98. The lowest BCUT2D eigenvalue weighted by Crippen LogP contribution is -2.37. The molecule has 0 bridgehead atoms. The molecule has 1 aliphatic rings. The van der Waals surface area contributed by atoms with Crippen molar-refractivity contribution in [3.63, 3.8) is 0 Å². The summed E-state index contributed by atoms with van der Waals surface area (Å²) in [5, 5.41) is 18.1. The van der Waals surface area contributed by atoms with Crippen molar-refractivity contribution in [1.29, 1.82) is 5.26 Å². The number of hydrogen-bond donors (Lipinski definition) is 1. The average molecular weight is 230 g/mol. The molecule has 1 N–H and O–H groups in total. The fraction of sp³-hybridized carbons (Fsp3) is 0.500. The smallest absolute Gasteiger partial charge is 0.0994 e. The Morgan fingerprint density at radius 1 is 1.47 bits per heavy atom. The number of anilines is 1. The molecule has 17 heavy (non-hydrogen) atoms. The molecule has 0 aromatic heterocycles. The van der Waals surface area contributed by atoms with Crippen molar-refractivity contribution < 1.29 is 5.11 Å². The van der Waals surface area contributed by atoms with Crippen LogP contribution >= 0.6 is 0 Å². The Morgan fingerprint density at radius 3 is 2.71 bits per heavy atom. The van der Waals surface area contributed by atoms with Crippen molar-refractivity contribution >= 4 is 5.69 Å². The maximum absolute atomic E-state index is 9.26. The first kappa shape index (κ1) is 11.9. The van der Waals surface area contributed by atoms with Crippen molar-refractivity contribution in [3.05, 3.63) is 29.3 Å². The highest BCUT2D eigenvalue weighted by molar-refractivity contribution is 5.53. The molecule has 0 spiro atoms. The number of nitriles is 1. The monoisotopic (exact) mass is 230 g/mol. The van der Waals surface area contributed by atoms with E-state index in [1.54, 1.807) is 0 Å². The molecule has 0 aliphatic heterocycles. The summed E-state index contributed by atoms with van der Waals surface area (Å²) < 4.78 is 0. The van der Waals surface area contributed by atoms with Crippen LogP contribution in [0.3, 0.4) is 0 Å². The lowest BCUT2D eigenvalue weighted by molar-refractivity contribution is 0.0465. The van der Waals surface area contributed by atoms with Crippen LogP contribution in [0.1, 0.15) is 24.0 Å². The van der Waals surface area contributed by atoms with Gasteiger partial charge in [0.15, 0.2) is 0 Å². The van der Waals surface area contributed by atoms with Gasteiger partial charge in [0.05, 0.1) is 17.7 Å². The third-order valence-electron chi connectivity index (χ3n) is 3.51. The molecule has 90 valence electrons. The molecule has 0 unspecified atom stereocenters. The molecule has 0 amide bonds. The average Bonchev–Trinajstić information content (AvgIpc) is 2.26. The highest BCUT2D eigenvalue weighted by atomic mass is 16.3. The number of rotatable bonds is 3. The Kier molecular flexibility index (Phi) is 3.35.